The lowest BCUT2D eigenvalue weighted by molar-refractivity contribution is -0.131. The van der Waals surface area contributed by atoms with E-state index in [4.69, 9.17) is 21.1 Å². The minimum absolute atomic E-state index is 0.0572. The summed E-state index contributed by atoms with van der Waals surface area (Å²) in [4.78, 5) is 30.9. The number of likely N-dealkylation sites (tertiary alicyclic amines) is 1. The number of hydrogen-bond acceptors (Lipinski definition) is 6. The first-order valence-corrected chi connectivity index (χ1v) is 12.0. The van der Waals surface area contributed by atoms with Crippen molar-refractivity contribution in [3.05, 3.63) is 22.7 Å². The van der Waals surface area contributed by atoms with Crippen LogP contribution >= 0.6 is 11.6 Å². The van der Waals surface area contributed by atoms with E-state index in [1.807, 2.05) is 31.7 Å². The first-order chi connectivity index (χ1) is 15.5. The number of ether oxygens (including phenoxy) is 2. The van der Waals surface area contributed by atoms with Gasteiger partial charge in [-0.2, -0.15) is 0 Å². The minimum Gasteiger partial charge on any atom is -0.495 e. The summed E-state index contributed by atoms with van der Waals surface area (Å²) in [6.07, 6.45) is -0.253. The van der Waals surface area contributed by atoms with Crippen molar-refractivity contribution >= 4 is 29.3 Å². The number of benzene rings is 1. The van der Waals surface area contributed by atoms with Gasteiger partial charge in [0.05, 0.1) is 19.3 Å². The van der Waals surface area contributed by atoms with Gasteiger partial charge >= 0.3 is 6.09 Å². The van der Waals surface area contributed by atoms with Crippen LogP contribution in [-0.4, -0.2) is 91.3 Å². The first-order valence-electron chi connectivity index (χ1n) is 11.6. The maximum atomic E-state index is 12.8. The molecule has 1 aromatic carbocycles. The van der Waals surface area contributed by atoms with Crippen LogP contribution in [0.25, 0.3) is 0 Å². The highest BCUT2D eigenvalue weighted by atomic mass is 35.5. The molecule has 2 heterocycles. The van der Waals surface area contributed by atoms with E-state index in [-0.39, 0.29) is 24.5 Å². The topological polar surface area (TPSA) is 74.4 Å². The van der Waals surface area contributed by atoms with E-state index >= 15 is 0 Å². The van der Waals surface area contributed by atoms with Crippen molar-refractivity contribution < 1.29 is 19.1 Å². The zero-order chi connectivity index (χ0) is 24.3. The van der Waals surface area contributed by atoms with Crippen LogP contribution in [0.15, 0.2) is 12.1 Å². The number of methoxy groups -OCH3 is 1. The highest BCUT2D eigenvalue weighted by Crippen LogP contribution is 2.34. The molecule has 2 saturated heterocycles. The molecule has 9 heteroatoms. The van der Waals surface area contributed by atoms with Crippen molar-refractivity contribution in [1.29, 1.82) is 0 Å². The van der Waals surface area contributed by atoms with Crippen LogP contribution < -0.4 is 10.1 Å². The summed E-state index contributed by atoms with van der Waals surface area (Å²) >= 11 is 6.35. The third kappa shape index (κ3) is 6.44. The SMILES string of the molecule is COc1cc(Cl)c(C(C)C)cc1NCC(=O)N1CCN(C2CN(C(=O)OC(C)(C)C)C2)CC1. The standard InChI is InChI=1S/C24H37ClN4O4/c1-16(2)18-11-20(21(32-6)12-19(18)25)26-13-22(30)28-9-7-27(8-10-28)17-14-29(15-17)23(31)33-24(3,4)5/h11-12,16-17,26H,7-10,13-15H2,1-6H3. The number of carbonyl (C=O) groups is 2. The lowest BCUT2D eigenvalue weighted by Crippen LogP contribution is -2.65. The molecule has 0 aliphatic carbocycles. The summed E-state index contributed by atoms with van der Waals surface area (Å²) in [5, 5.41) is 3.89. The van der Waals surface area contributed by atoms with Gasteiger partial charge in [0.15, 0.2) is 0 Å². The van der Waals surface area contributed by atoms with E-state index in [0.717, 1.165) is 24.3 Å². The van der Waals surface area contributed by atoms with Crippen LogP contribution in [0, 0.1) is 0 Å². The van der Waals surface area contributed by atoms with Crippen LogP contribution in [0.5, 0.6) is 5.75 Å². The summed E-state index contributed by atoms with van der Waals surface area (Å²) in [6, 6.07) is 4.09. The van der Waals surface area contributed by atoms with Crippen LogP contribution in [0.3, 0.4) is 0 Å². The van der Waals surface area contributed by atoms with Crippen molar-refractivity contribution in [2.24, 2.45) is 0 Å². The zero-order valence-electron chi connectivity index (χ0n) is 20.6. The normalized spacial score (nSPS) is 17.7. The first kappa shape index (κ1) is 25.4. The predicted molar refractivity (Wildman–Crippen MR) is 130 cm³/mol. The number of rotatable bonds is 6. The molecule has 0 saturated carbocycles. The number of hydrogen-bond donors (Lipinski definition) is 1. The molecule has 2 aliphatic heterocycles. The number of anilines is 1. The summed E-state index contributed by atoms with van der Waals surface area (Å²) in [7, 11) is 1.59. The van der Waals surface area contributed by atoms with Gasteiger partial charge in [-0.05, 0) is 38.3 Å². The molecule has 33 heavy (non-hydrogen) atoms. The van der Waals surface area contributed by atoms with E-state index in [1.54, 1.807) is 18.1 Å². The molecule has 0 atom stereocenters. The second-order valence-electron chi connectivity index (χ2n) is 10.0. The van der Waals surface area contributed by atoms with E-state index in [9.17, 15) is 9.59 Å². The molecule has 0 unspecified atom stereocenters. The van der Waals surface area contributed by atoms with E-state index in [1.165, 1.54) is 0 Å². The molecular formula is C24H37ClN4O4. The van der Waals surface area contributed by atoms with Crippen LogP contribution in [0.2, 0.25) is 5.02 Å². The van der Waals surface area contributed by atoms with Crippen molar-refractivity contribution in [3.63, 3.8) is 0 Å². The molecule has 1 aromatic rings. The molecule has 0 aromatic heterocycles. The number of piperazine rings is 1. The molecule has 8 nitrogen and oxygen atoms in total. The summed E-state index contributed by atoms with van der Waals surface area (Å²) in [5.41, 5.74) is 1.31. The third-order valence-electron chi connectivity index (χ3n) is 6.07. The van der Waals surface area contributed by atoms with Gasteiger partial charge in [0.1, 0.15) is 11.4 Å². The summed E-state index contributed by atoms with van der Waals surface area (Å²) in [5.74, 6) is 0.953. The van der Waals surface area contributed by atoms with Crippen molar-refractivity contribution in [1.82, 2.24) is 14.7 Å². The Morgan fingerprint density at radius 2 is 1.76 bits per heavy atom. The Balaban J connectivity index is 1.45. The van der Waals surface area contributed by atoms with Gasteiger partial charge in [0, 0.05) is 56.4 Å². The average Bonchev–Trinajstić information content (AvgIpc) is 2.70. The van der Waals surface area contributed by atoms with Gasteiger partial charge in [-0.15, -0.1) is 0 Å². The Morgan fingerprint density at radius 1 is 1.12 bits per heavy atom. The van der Waals surface area contributed by atoms with Gasteiger partial charge < -0.3 is 24.6 Å². The number of amides is 2. The lowest BCUT2D eigenvalue weighted by Gasteiger charge is -2.48. The van der Waals surface area contributed by atoms with Crippen LogP contribution in [-0.2, 0) is 9.53 Å². The lowest BCUT2D eigenvalue weighted by atomic mass is 10.0. The van der Waals surface area contributed by atoms with Gasteiger partial charge in [0.2, 0.25) is 5.91 Å². The molecule has 0 radical (unpaired) electrons. The minimum atomic E-state index is -0.478. The Morgan fingerprint density at radius 3 is 2.30 bits per heavy atom. The maximum Gasteiger partial charge on any atom is 0.410 e. The summed E-state index contributed by atoms with van der Waals surface area (Å²) < 4.78 is 10.9. The van der Waals surface area contributed by atoms with Gasteiger partial charge in [0.25, 0.3) is 0 Å². The second-order valence-corrected chi connectivity index (χ2v) is 10.4. The monoisotopic (exact) mass is 480 g/mol. The van der Waals surface area contributed by atoms with Gasteiger partial charge in [-0.1, -0.05) is 25.4 Å². The molecule has 2 amide bonds. The van der Waals surface area contributed by atoms with Gasteiger partial charge in [-0.25, -0.2) is 4.79 Å². The van der Waals surface area contributed by atoms with E-state index < -0.39 is 5.60 Å². The largest absolute Gasteiger partial charge is 0.495 e. The molecule has 0 bridgehead atoms. The summed E-state index contributed by atoms with van der Waals surface area (Å²) in [6.45, 7) is 14.3. The fraction of sp³-hybridized carbons (Fsp3) is 0.667. The van der Waals surface area contributed by atoms with E-state index in [2.05, 4.69) is 24.1 Å². The smallest absolute Gasteiger partial charge is 0.410 e. The fourth-order valence-electron chi connectivity index (χ4n) is 4.10. The number of nitrogens with one attached hydrogen (secondary N) is 1. The second kappa shape index (κ2) is 10.4. The Labute approximate surface area is 202 Å². The number of halogens is 1. The van der Waals surface area contributed by atoms with Crippen molar-refractivity contribution in [2.45, 2.75) is 52.2 Å². The number of nitrogens with zero attached hydrogens (tertiary/aromatic N) is 3. The molecule has 3 rings (SSSR count). The highest BCUT2D eigenvalue weighted by Gasteiger charge is 2.38. The number of carbonyl (C=O) groups excluding carboxylic acids is 2. The van der Waals surface area contributed by atoms with Crippen LogP contribution in [0.4, 0.5) is 10.5 Å². The Hall–Kier alpha value is -2.19. The van der Waals surface area contributed by atoms with E-state index in [0.29, 0.717) is 43.0 Å². The maximum absolute atomic E-state index is 12.8. The quantitative estimate of drug-likeness (QED) is 0.670. The Kier molecular flexibility index (Phi) is 8.00. The van der Waals surface area contributed by atoms with Gasteiger partial charge in [-0.3, -0.25) is 9.69 Å². The Bertz CT molecular complexity index is 857. The fourth-order valence-corrected chi connectivity index (χ4v) is 4.47. The molecule has 2 aliphatic rings. The molecule has 1 N–H and O–H groups in total. The molecular weight excluding hydrogens is 444 g/mol. The molecule has 184 valence electrons. The average molecular weight is 481 g/mol. The zero-order valence-corrected chi connectivity index (χ0v) is 21.4. The third-order valence-corrected chi connectivity index (χ3v) is 6.40. The molecule has 0 spiro atoms. The highest BCUT2D eigenvalue weighted by molar-refractivity contribution is 6.31. The predicted octanol–water partition coefficient (Wildman–Crippen LogP) is 3.65. The molecule has 2 fully saturated rings. The van der Waals surface area contributed by atoms with Crippen LogP contribution in [0.1, 0.15) is 46.1 Å². The van der Waals surface area contributed by atoms with Crippen molar-refractivity contribution in [3.8, 4) is 5.75 Å². The van der Waals surface area contributed by atoms with Crippen molar-refractivity contribution in [2.75, 3.05) is 58.2 Å².